The van der Waals surface area contributed by atoms with Crippen LogP contribution in [-0.2, 0) is 13.2 Å². The van der Waals surface area contributed by atoms with E-state index in [1.165, 1.54) is 21.5 Å². The second kappa shape index (κ2) is 17.4. The molecule has 9 aromatic carbocycles. The van der Waals surface area contributed by atoms with E-state index in [0.717, 1.165) is 67.9 Å². The van der Waals surface area contributed by atoms with Gasteiger partial charge in [-0.3, -0.25) is 0 Å². The second-order valence-electron chi connectivity index (χ2n) is 14.6. The van der Waals surface area contributed by atoms with Crippen LogP contribution in [0.1, 0.15) is 22.3 Å². The summed E-state index contributed by atoms with van der Waals surface area (Å²) in [6.07, 6.45) is 3.67. The Kier molecular flexibility index (Phi) is 10.9. The molecular weight excluding hydrogens is 733 g/mol. The van der Waals surface area contributed by atoms with Crippen molar-refractivity contribution in [3.8, 4) is 11.5 Å². The average molecular weight is 777 g/mol. The van der Waals surface area contributed by atoms with Gasteiger partial charge in [0.2, 0.25) is 0 Å². The first-order valence-electron chi connectivity index (χ1n) is 20.2. The van der Waals surface area contributed by atoms with Crippen molar-refractivity contribution < 1.29 is 9.47 Å². The Bertz CT molecular complexity index is 2710. The number of benzene rings is 9. The topological polar surface area (TPSA) is 24.9 Å². The monoisotopic (exact) mass is 776 g/mol. The summed E-state index contributed by atoms with van der Waals surface area (Å²) in [6.45, 7) is 8.62. The summed E-state index contributed by atoms with van der Waals surface area (Å²) in [5.74, 6) is 1.64. The largest absolute Gasteiger partial charge is 0.489 e. The van der Waals surface area contributed by atoms with Crippen LogP contribution in [0, 0.1) is 0 Å². The van der Waals surface area contributed by atoms with Crippen molar-refractivity contribution in [1.29, 1.82) is 0 Å². The van der Waals surface area contributed by atoms with Crippen LogP contribution in [0.5, 0.6) is 11.5 Å². The number of ether oxygens (including phenoxy) is 2. The summed E-state index contributed by atoms with van der Waals surface area (Å²) in [6, 6.07) is 72.2. The normalized spacial score (nSPS) is 10.9. The van der Waals surface area contributed by atoms with Crippen LogP contribution in [0.25, 0.3) is 33.7 Å². The molecule has 0 spiro atoms. The van der Waals surface area contributed by atoms with E-state index < -0.39 is 0 Å². The van der Waals surface area contributed by atoms with E-state index in [1.807, 2.05) is 60.7 Å². The Balaban J connectivity index is 1.10. The molecule has 0 saturated carbocycles. The standard InChI is InChI=1S/C56H44N2O2/c1-3-41-25-33-51(34-26-41)59-39-43-13-9-19-49(37-43)57(55-23-11-17-45-15-5-7-21-53(45)55)47-29-31-48(32-30-47)58(56-24-12-18-46-16-6-8-22-54(46)56)50-20-10-14-44(38-50)40-60-52-35-27-42(4-2)28-36-52/h3-38H,1-2,39-40H2. The van der Waals surface area contributed by atoms with Gasteiger partial charge >= 0.3 is 0 Å². The van der Waals surface area contributed by atoms with Gasteiger partial charge in [0.25, 0.3) is 0 Å². The lowest BCUT2D eigenvalue weighted by Gasteiger charge is -2.30. The molecule has 60 heavy (non-hydrogen) atoms. The number of nitrogens with zero attached hydrogens (tertiary/aromatic N) is 2. The van der Waals surface area contributed by atoms with E-state index in [1.54, 1.807) is 0 Å². The molecule has 0 aliphatic rings. The zero-order valence-electron chi connectivity index (χ0n) is 33.3. The second-order valence-corrected chi connectivity index (χ2v) is 14.6. The third kappa shape index (κ3) is 8.13. The minimum atomic E-state index is 0.440. The molecule has 4 heteroatoms. The predicted octanol–water partition coefficient (Wildman–Crippen LogP) is 15.4. The first-order valence-corrected chi connectivity index (χ1v) is 20.2. The van der Waals surface area contributed by atoms with Crippen LogP contribution in [0.2, 0.25) is 0 Å². The van der Waals surface area contributed by atoms with Crippen molar-refractivity contribution in [1.82, 2.24) is 0 Å². The minimum Gasteiger partial charge on any atom is -0.489 e. The Labute approximate surface area is 352 Å². The number of anilines is 6. The Hall–Kier alpha value is -7.82. The summed E-state index contributed by atoms with van der Waals surface area (Å²) in [7, 11) is 0. The van der Waals surface area contributed by atoms with Crippen LogP contribution in [0.3, 0.4) is 0 Å². The molecule has 0 aliphatic heterocycles. The fourth-order valence-corrected chi connectivity index (χ4v) is 7.72. The van der Waals surface area contributed by atoms with Gasteiger partial charge in [0.05, 0.1) is 11.4 Å². The lowest BCUT2D eigenvalue weighted by molar-refractivity contribution is 0.306. The van der Waals surface area contributed by atoms with Gasteiger partial charge in [-0.05, 0) is 118 Å². The zero-order chi connectivity index (χ0) is 40.7. The van der Waals surface area contributed by atoms with E-state index in [4.69, 9.17) is 9.47 Å². The first-order chi connectivity index (χ1) is 29.6. The summed E-state index contributed by atoms with van der Waals surface area (Å²) in [5, 5.41) is 4.69. The van der Waals surface area contributed by atoms with Crippen LogP contribution in [0.4, 0.5) is 34.1 Å². The molecule has 9 rings (SSSR count). The molecule has 0 aliphatic carbocycles. The maximum absolute atomic E-state index is 6.25. The fourth-order valence-electron chi connectivity index (χ4n) is 7.72. The molecule has 0 fully saturated rings. The molecule has 290 valence electrons. The first kappa shape index (κ1) is 37.7. The third-order valence-corrected chi connectivity index (χ3v) is 10.8. The van der Waals surface area contributed by atoms with Crippen molar-refractivity contribution in [3.05, 3.63) is 242 Å². The predicted molar refractivity (Wildman–Crippen MR) is 253 cm³/mol. The van der Waals surface area contributed by atoms with Gasteiger partial charge in [-0.1, -0.05) is 147 Å². The maximum atomic E-state index is 6.25. The Morgan fingerprint density at radius 3 is 1.17 bits per heavy atom. The van der Waals surface area contributed by atoms with E-state index in [0.29, 0.717) is 13.2 Å². The summed E-state index contributed by atoms with van der Waals surface area (Å²) in [4.78, 5) is 4.69. The van der Waals surface area contributed by atoms with Crippen LogP contribution >= 0.6 is 0 Å². The Morgan fingerprint density at radius 2 is 0.750 bits per heavy atom. The van der Waals surface area contributed by atoms with Crippen molar-refractivity contribution in [2.24, 2.45) is 0 Å². The fraction of sp³-hybridized carbons (Fsp3) is 0.0357. The quantitative estimate of drug-likeness (QED) is 0.110. The van der Waals surface area contributed by atoms with Crippen molar-refractivity contribution in [2.45, 2.75) is 13.2 Å². The van der Waals surface area contributed by atoms with Gasteiger partial charge in [0.15, 0.2) is 0 Å². The average Bonchev–Trinajstić information content (AvgIpc) is 3.31. The molecule has 0 aromatic heterocycles. The molecule has 0 heterocycles. The molecule has 9 aromatic rings. The molecule has 0 atom stereocenters. The molecule has 0 bridgehead atoms. The van der Waals surface area contributed by atoms with Gasteiger partial charge in [-0.15, -0.1) is 0 Å². The highest BCUT2D eigenvalue weighted by Crippen LogP contribution is 2.43. The van der Waals surface area contributed by atoms with Gasteiger partial charge in [-0.2, -0.15) is 0 Å². The highest BCUT2D eigenvalue weighted by Gasteiger charge is 2.19. The van der Waals surface area contributed by atoms with Crippen molar-refractivity contribution in [3.63, 3.8) is 0 Å². The number of rotatable bonds is 14. The van der Waals surface area contributed by atoms with E-state index in [-0.39, 0.29) is 0 Å². The number of hydrogen-bond donors (Lipinski definition) is 0. The molecule has 0 radical (unpaired) electrons. The highest BCUT2D eigenvalue weighted by atomic mass is 16.5. The zero-order valence-corrected chi connectivity index (χ0v) is 33.3. The van der Waals surface area contributed by atoms with Gasteiger partial charge < -0.3 is 19.3 Å². The van der Waals surface area contributed by atoms with Crippen LogP contribution < -0.4 is 19.3 Å². The lowest BCUT2D eigenvalue weighted by atomic mass is 10.0. The van der Waals surface area contributed by atoms with E-state index >= 15 is 0 Å². The van der Waals surface area contributed by atoms with Crippen LogP contribution in [0.15, 0.2) is 219 Å². The molecule has 4 nitrogen and oxygen atoms in total. The van der Waals surface area contributed by atoms with E-state index in [2.05, 4.69) is 181 Å². The molecule has 0 saturated heterocycles. The molecule has 0 amide bonds. The van der Waals surface area contributed by atoms with Crippen LogP contribution in [-0.4, -0.2) is 0 Å². The smallest absolute Gasteiger partial charge is 0.119 e. The lowest BCUT2D eigenvalue weighted by Crippen LogP contribution is -2.13. The van der Waals surface area contributed by atoms with Gasteiger partial charge in [-0.25, -0.2) is 0 Å². The number of fused-ring (bicyclic) bond motifs is 2. The molecule has 0 unspecified atom stereocenters. The molecular formula is C56H44N2O2. The van der Waals surface area contributed by atoms with Gasteiger partial charge in [0.1, 0.15) is 24.7 Å². The molecule has 0 N–H and O–H groups in total. The maximum Gasteiger partial charge on any atom is 0.119 e. The Morgan fingerprint density at radius 1 is 0.367 bits per heavy atom. The highest BCUT2D eigenvalue weighted by molar-refractivity contribution is 6.00. The SMILES string of the molecule is C=Cc1ccc(OCc2cccc(N(c3ccc(N(c4cccc(COc5ccc(C=C)cc5)c4)c4cccc5ccccc45)cc3)c3cccc4ccccc34)c2)cc1. The number of hydrogen-bond acceptors (Lipinski definition) is 4. The summed E-state index contributed by atoms with van der Waals surface area (Å²) in [5.41, 5.74) is 10.6. The van der Waals surface area contributed by atoms with Crippen molar-refractivity contribution in [2.75, 3.05) is 9.80 Å². The van der Waals surface area contributed by atoms with E-state index in [9.17, 15) is 0 Å². The summed E-state index contributed by atoms with van der Waals surface area (Å²) < 4.78 is 12.5. The van der Waals surface area contributed by atoms with Gasteiger partial charge in [0, 0.05) is 33.5 Å². The van der Waals surface area contributed by atoms with Crippen molar-refractivity contribution >= 4 is 67.8 Å². The third-order valence-electron chi connectivity index (χ3n) is 10.8. The minimum absolute atomic E-state index is 0.440. The summed E-state index contributed by atoms with van der Waals surface area (Å²) >= 11 is 0.